The number of aromatic nitrogens is 2. The van der Waals surface area contributed by atoms with E-state index in [1.165, 1.54) is 32.1 Å². The molecule has 1 atom stereocenters. The molecule has 1 aliphatic heterocycles. The highest BCUT2D eigenvalue weighted by atomic mass is 16.2. The Morgan fingerprint density at radius 3 is 2.83 bits per heavy atom. The number of carbonyl (C=O) groups is 1. The van der Waals surface area contributed by atoms with E-state index in [1.807, 2.05) is 13.1 Å². The molecule has 1 aromatic rings. The summed E-state index contributed by atoms with van der Waals surface area (Å²) in [6, 6.07) is 0.172. The minimum absolute atomic E-state index is 0.172. The number of aryl methyl sites for hydroxylation is 2. The van der Waals surface area contributed by atoms with Gasteiger partial charge in [-0.1, -0.05) is 26.2 Å². The minimum atomic E-state index is 0.172. The van der Waals surface area contributed by atoms with E-state index in [-0.39, 0.29) is 11.9 Å². The van der Waals surface area contributed by atoms with Crippen LogP contribution in [0.2, 0.25) is 0 Å². The van der Waals surface area contributed by atoms with E-state index in [4.69, 9.17) is 0 Å². The Balaban J connectivity index is 1.60. The lowest BCUT2D eigenvalue weighted by Crippen LogP contribution is -2.33. The molecule has 5 nitrogen and oxygen atoms in total. The molecule has 2 heterocycles. The molecule has 23 heavy (non-hydrogen) atoms. The molecule has 1 saturated heterocycles. The van der Waals surface area contributed by atoms with E-state index in [0.29, 0.717) is 12.3 Å². The molecule has 3 rings (SSSR count). The SMILES string of the molecule is CCc1cnc(C)nc1N[C@H]1CC(=O)N(CC2CCCCC2)C1. The summed E-state index contributed by atoms with van der Waals surface area (Å²) in [5.74, 6) is 2.67. The molecule has 0 spiro atoms. The number of amides is 1. The van der Waals surface area contributed by atoms with Gasteiger partial charge in [0.15, 0.2) is 0 Å². The Labute approximate surface area is 138 Å². The number of nitrogens with zero attached hydrogens (tertiary/aromatic N) is 3. The number of anilines is 1. The smallest absolute Gasteiger partial charge is 0.224 e. The van der Waals surface area contributed by atoms with Gasteiger partial charge in [0.1, 0.15) is 11.6 Å². The van der Waals surface area contributed by atoms with E-state index in [0.717, 1.165) is 36.7 Å². The Kier molecular flexibility index (Phi) is 5.13. The summed E-state index contributed by atoms with van der Waals surface area (Å²) < 4.78 is 0. The van der Waals surface area contributed by atoms with Gasteiger partial charge in [-0.05, 0) is 32.1 Å². The fourth-order valence-corrected chi connectivity index (χ4v) is 3.80. The highest BCUT2D eigenvalue weighted by Gasteiger charge is 2.31. The Bertz CT molecular complexity index is 554. The molecule has 0 bridgehead atoms. The summed E-state index contributed by atoms with van der Waals surface area (Å²) in [7, 11) is 0. The van der Waals surface area contributed by atoms with E-state index >= 15 is 0 Å². The fraction of sp³-hybridized carbons (Fsp3) is 0.722. The van der Waals surface area contributed by atoms with Gasteiger partial charge in [0.25, 0.3) is 0 Å². The van der Waals surface area contributed by atoms with Crippen LogP contribution < -0.4 is 5.32 Å². The van der Waals surface area contributed by atoms with Crippen molar-refractivity contribution in [2.24, 2.45) is 5.92 Å². The maximum absolute atomic E-state index is 12.3. The largest absolute Gasteiger partial charge is 0.365 e. The number of likely N-dealkylation sites (tertiary alicyclic amines) is 1. The van der Waals surface area contributed by atoms with Gasteiger partial charge in [0.2, 0.25) is 5.91 Å². The van der Waals surface area contributed by atoms with Crippen molar-refractivity contribution >= 4 is 11.7 Å². The lowest BCUT2D eigenvalue weighted by molar-refractivity contribution is -0.128. The lowest BCUT2D eigenvalue weighted by atomic mass is 9.89. The van der Waals surface area contributed by atoms with Crippen LogP contribution in [-0.2, 0) is 11.2 Å². The van der Waals surface area contributed by atoms with Crippen LogP contribution >= 0.6 is 0 Å². The highest BCUT2D eigenvalue weighted by molar-refractivity contribution is 5.80. The molecule has 1 saturated carbocycles. The molecule has 1 aromatic heterocycles. The standard InChI is InChI=1S/C18H28N4O/c1-3-15-10-19-13(2)20-18(15)21-16-9-17(23)22(12-16)11-14-7-5-4-6-8-14/h10,14,16H,3-9,11-12H2,1-2H3,(H,19,20,21)/t16-/m0/s1. The van der Waals surface area contributed by atoms with Crippen molar-refractivity contribution in [2.45, 2.75) is 64.8 Å². The van der Waals surface area contributed by atoms with Crippen LogP contribution in [0.25, 0.3) is 0 Å². The second kappa shape index (κ2) is 7.28. The van der Waals surface area contributed by atoms with Gasteiger partial charge in [-0.25, -0.2) is 9.97 Å². The monoisotopic (exact) mass is 316 g/mol. The fourth-order valence-electron chi connectivity index (χ4n) is 3.80. The Hall–Kier alpha value is -1.65. The van der Waals surface area contributed by atoms with Crippen molar-refractivity contribution in [3.05, 3.63) is 17.6 Å². The van der Waals surface area contributed by atoms with Crippen LogP contribution in [0.5, 0.6) is 0 Å². The normalized spacial score (nSPS) is 22.6. The summed E-state index contributed by atoms with van der Waals surface area (Å²) in [4.78, 5) is 23.2. The third kappa shape index (κ3) is 4.01. The first-order chi connectivity index (χ1) is 11.2. The molecule has 126 valence electrons. The van der Waals surface area contributed by atoms with Gasteiger partial charge in [0.05, 0.1) is 6.04 Å². The molecule has 1 amide bonds. The highest BCUT2D eigenvalue weighted by Crippen LogP contribution is 2.27. The van der Waals surface area contributed by atoms with Crippen LogP contribution in [0.1, 0.15) is 56.8 Å². The van der Waals surface area contributed by atoms with E-state index in [1.54, 1.807) is 0 Å². The average Bonchev–Trinajstić information content (AvgIpc) is 2.88. The van der Waals surface area contributed by atoms with Crippen molar-refractivity contribution in [2.75, 3.05) is 18.4 Å². The number of hydrogen-bond donors (Lipinski definition) is 1. The van der Waals surface area contributed by atoms with Crippen molar-refractivity contribution in [3.63, 3.8) is 0 Å². The zero-order valence-electron chi connectivity index (χ0n) is 14.3. The van der Waals surface area contributed by atoms with Crippen LogP contribution in [-0.4, -0.2) is 39.9 Å². The van der Waals surface area contributed by atoms with Crippen molar-refractivity contribution < 1.29 is 4.79 Å². The van der Waals surface area contributed by atoms with Gasteiger partial charge >= 0.3 is 0 Å². The third-order valence-corrected chi connectivity index (χ3v) is 5.12. The molecule has 2 aliphatic rings. The van der Waals surface area contributed by atoms with Crippen LogP contribution in [0.3, 0.4) is 0 Å². The quantitative estimate of drug-likeness (QED) is 0.907. The molecular weight excluding hydrogens is 288 g/mol. The molecular formula is C18H28N4O. The lowest BCUT2D eigenvalue weighted by Gasteiger charge is -2.27. The van der Waals surface area contributed by atoms with Crippen molar-refractivity contribution in [1.29, 1.82) is 0 Å². The minimum Gasteiger partial charge on any atom is -0.365 e. The molecule has 0 radical (unpaired) electrons. The zero-order chi connectivity index (χ0) is 16.2. The van der Waals surface area contributed by atoms with Gasteiger partial charge in [-0.15, -0.1) is 0 Å². The second-order valence-corrected chi connectivity index (χ2v) is 6.99. The summed E-state index contributed by atoms with van der Waals surface area (Å²) >= 11 is 0. The van der Waals surface area contributed by atoms with E-state index in [9.17, 15) is 4.79 Å². The summed E-state index contributed by atoms with van der Waals surface area (Å²) in [5.41, 5.74) is 1.12. The molecule has 2 fully saturated rings. The maximum Gasteiger partial charge on any atom is 0.224 e. The molecule has 5 heteroatoms. The second-order valence-electron chi connectivity index (χ2n) is 6.99. The van der Waals surface area contributed by atoms with Gasteiger partial charge in [-0.3, -0.25) is 4.79 Å². The molecule has 1 aliphatic carbocycles. The first-order valence-electron chi connectivity index (χ1n) is 9.02. The van der Waals surface area contributed by atoms with Crippen molar-refractivity contribution in [1.82, 2.24) is 14.9 Å². The summed E-state index contributed by atoms with van der Waals surface area (Å²) in [6.45, 7) is 5.76. The Morgan fingerprint density at radius 2 is 2.09 bits per heavy atom. The predicted molar refractivity (Wildman–Crippen MR) is 91.3 cm³/mol. The summed E-state index contributed by atoms with van der Waals surface area (Å²) in [6.07, 6.45) is 9.96. The maximum atomic E-state index is 12.3. The van der Waals surface area contributed by atoms with Gasteiger partial charge in [0, 0.05) is 31.3 Å². The van der Waals surface area contributed by atoms with Crippen molar-refractivity contribution in [3.8, 4) is 0 Å². The molecule has 0 aromatic carbocycles. The van der Waals surface area contributed by atoms with Crippen LogP contribution in [0.4, 0.5) is 5.82 Å². The van der Waals surface area contributed by atoms with Crippen LogP contribution in [0.15, 0.2) is 6.20 Å². The van der Waals surface area contributed by atoms with Crippen LogP contribution in [0, 0.1) is 12.8 Å². The number of rotatable bonds is 5. The predicted octanol–water partition coefficient (Wildman–Crippen LogP) is 2.94. The van der Waals surface area contributed by atoms with Gasteiger partial charge < -0.3 is 10.2 Å². The Morgan fingerprint density at radius 1 is 1.30 bits per heavy atom. The first kappa shape index (κ1) is 16.2. The number of carbonyl (C=O) groups excluding carboxylic acids is 1. The number of nitrogens with one attached hydrogen (secondary N) is 1. The first-order valence-corrected chi connectivity index (χ1v) is 9.02. The van der Waals surface area contributed by atoms with E-state index in [2.05, 4.69) is 27.1 Å². The zero-order valence-corrected chi connectivity index (χ0v) is 14.3. The topological polar surface area (TPSA) is 58.1 Å². The third-order valence-electron chi connectivity index (χ3n) is 5.12. The average molecular weight is 316 g/mol. The van der Waals surface area contributed by atoms with E-state index < -0.39 is 0 Å². The molecule has 0 unspecified atom stereocenters. The molecule has 1 N–H and O–H groups in total. The van der Waals surface area contributed by atoms with Gasteiger partial charge in [-0.2, -0.15) is 0 Å². The number of hydrogen-bond acceptors (Lipinski definition) is 4. The summed E-state index contributed by atoms with van der Waals surface area (Å²) in [5, 5.41) is 3.49.